The maximum absolute atomic E-state index is 12.9. The number of carbonyl (C=O) groups excluding carboxylic acids is 3. The van der Waals surface area contributed by atoms with Crippen molar-refractivity contribution in [1.82, 2.24) is 20.9 Å². The third-order valence-electron chi connectivity index (χ3n) is 5.87. The lowest BCUT2D eigenvalue weighted by Crippen LogP contribution is -2.47. The number of pyridine rings is 1. The van der Waals surface area contributed by atoms with Gasteiger partial charge in [-0.1, -0.05) is 36.4 Å². The number of nitrogens with zero attached hydrogens (tertiary/aromatic N) is 1. The minimum Gasteiger partial charge on any atom is -0.376 e. The lowest BCUT2D eigenvalue weighted by atomic mass is 9.82. The second-order valence-electron chi connectivity index (χ2n) is 8.05. The monoisotopic (exact) mass is 418 g/mol. The molecule has 0 spiro atoms. The Kier molecular flexibility index (Phi) is 6.40. The summed E-state index contributed by atoms with van der Waals surface area (Å²) in [6.07, 6.45) is 6.79. The van der Waals surface area contributed by atoms with Gasteiger partial charge in [0.1, 0.15) is 11.4 Å². The molecule has 0 unspecified atom stereocenters. The van der Waals surface area contributed by atoms with Crippen LogP contribution in [-0.2, 0) is 20.9 Å². The van der Waals surface area contributed by atoms with Crippen LogP contribution in [0.15, 0.2) is 66.3 Å². The number of carbonyl (C=O) groups is 3. The third-order valence-corrected chi connectivity index (χ3v) is 5.87. The quantitative estimate of drug-likeness (QED) is 0.625. The van der Waals surface area contributed by atoms with E-state index in [1.54, 1.807) is 18.5 Å². The van der Waals surface area contributed by atoms with E-state index in [0.29, 0.717) is 12.5 Å². The topological polar surface area (TPSA) is 100 Å². The first-order valence-electron chi connectivity index (χ1n) is 10.7. The molecule has 0 saturated heterocycles. The van der Waals surface area contributed by atoms with Crippen molar-refractivity contribution >= 4 is 17.6 Å². The average molecular weight is 418 g/mol. The molecule has 2 aromatic rings. The van der Waals surface area contributed by atoms with Crippen LogP contribution in [0.4, 0.5) is 0 Å². The predicted octanol–water partition coefficient (Wildman–Crippen LogP) is 2.31. The molecule has 2 aliphatic rings. The van der Waals surface area contributed by atoms with Gasteiger partial charge in [0.2, 0.25) is 5.91 Å². The highest BCUT2D eigenvalue weighted by Crippen LogP contribution is 2.32. The highest BCUT2D eigenvalue weighted by Gasteiger charge is 2.31. The van der Waals surface area contributed by atoms with Crippen molar-refractivity contribution in [2.75, 3.05) is 0 Å². The molecule has 7 nitrogen and oxygen atoms in total. The van der Waals surface area contributed by atoms with E-state index in [0.717, 1.165) is 31.2 Å². The second-order valence-corrected chi connectivity index (χ2v) is 8.05. The van der Waals surface area contributed by atoms with Gasteiger partial charge in [0.05, 0.1) is 6.42 Å². The number of hydrogen-bond donors (Lipinski definition) is 3. The standard InChI is InChI=1S/C24H26N4O3/c29-20-13-21(30)28-23(22(20)26-15-16-5-4-12-25-14-16)24(31)27-19-10-8-18(9-11-19)17-6-2-1-3-7-17/h1-7,12,14,18-19,26H,8-11,13,15H2,(H,27,31)(H,28,30)/t18-,19+. The number of rotatable bonds is 6. The molecule has 7 heteroatoms. The average Bonchev–Trinajstić information content (AvgIpc) is 2.80. The maximum Gasteiger partial charge on any atom is 0.270 e. The summed E-state index contributed by atoms with van der Waals surface area (Å²) in [5.41, 5.74) is 2.37. The summed E-state index contributed by atoms with van der Waals surface area (Å²) < 4.78 is 0. The van der Waals surface area contributed by atoms with Crippen LogP contribution in [0.5, 0.6) is 0 Å². The van der Waals surface area contributed by atoms with Crippen molar-refractivity contribution in [2.24, 2.45) is 0 Å². The number of aromatic nitrogens is 1. The Balaban J connectivity index is 1.41. The molecular formula is C24H26N4O3. The summed E-state index contributed by atoms with van der Waals surface area (Å²) in [6.45, 7) is 0.337. The molecule has 3 N–H and O–H groups in total. The SMILES string of the molecule is O=C1CC(=O)C(NCc2cccnc2)=C(C(=O)N[C@H]2CC[C@@H](c3ccccc3)CC2)N1. The molecular weight excluding hydrogens is 392 g/mol. The molecule has 1 aliphatic heterocycles. The second kappa shape index (κ2) is 9.55. The maximum atomic E-state index is 12.9. The van der Waals surface area contributed by atoms with Gasteiger partial charge in [0.25, 0.3) is 5.91 Å². The van der Waals surface area contributed by atoms with Crippen molar-refractivity contribution in [3.05, 3.63) is 77.4 Å². The van der Waals surface area contributed by atoms with Crippen LogP contribution in [-0.4, -0.2) is 28.6 Å². The van der Waals surface area contributed by atoms with E-state index in [1.165, 1.54) is 5.56 Å². The number of nitrogens with one attached hydrogen (secondary N) is 3. The number of benzene rings is 1. The Morgan fingerprint density at radius 3 is 2.52 bits per heavy atom. The van der Waals surface area contributed by atoms with Crippen molar-refractivity contribution in [1.29, 1.82) is 0 Å². The molecule has 1 aliphatic carbocycles. The molecule has 0 bridgehead atoms. The molecule has 4 rings (SSSR count). The summed E-state index contributed by atoms with van der Waals surface area (Å²) in [5.74, 6) is -0.764. The van der Waals surface area contributed by atoms with Gasteiger partial charge >= 0.3 is 0 Å². The molecule has 2 heterocycles. The highest BCUT2D eigenvalue weighted by molar-refractivity contribution is 6.16. The molecule has 1 aromatic carbocycles. The number of amides is 2. The zero-order chi connectivity index (χ0) is 21.6. The summed E-state index contributed by atoms with van der Waals surface area (Å²) in [4.78, 5) is 41.4. The van der Waals surface area contributed by atoms with Gasteiger partial charge in [-0.25, -0.2) is 0 Å². The molecule has 0 atom stereocenters. The van der Waals surface area contributed by atoms with Gasteiger partial charge in [-0.3, -0.25) is 19.4 Å². The zero-order valence-corrected chi connectivity index (χ0v) is 17.3. The molecule has 1 aromatic heterocycles. The van der Waals surface area contributed by atoms with Crippen molar-refractivity contribution in [2.45, 2.75) is 50.6 Å². The lowest BCUT2D eigenvalue weighted by Gasteiger charge is -2.30. The molecule has 31 heavy (non-hydrogen) atoms. The Hall–Kier alpha value is -3.48. The van der Waals surface area contributed by atoms with E-state index in [-0.39, 0.29) is 29.6 Å². The van der Waals surface area contributed by atoms with E-state index >= 15 is 0 Å². The van der Waals surface area contributed by atoms with E-state index < -0.39 is 11.8 Å². The molecule has 1 fully saturated rings. The summed E-state index contributed by atoms with van der Waals surface area (Å²) in [7, 11) is 0. The van der Waals surface area contributed by atoms with Crippen LogP contribution in [0.3, 0.4) is 0 Å². The van der Waals surface area contributed by atoms with Crippen molar-refractivity contribution in [3.8, 4) is 0 Å². The van der Waals surface area contributed by atoms with Crippen LogP contribution >= 0.6 is 0 Å². The van der Waals surface area contributed by atoms with Gasteiger partial charge in [-0.15, -0.1) is 0 Å². The summed E-state index contributed by atoms with van der Waals surface area (Å²) >= 11 is 0. The van der Waals surface area contributed by atoms with Crippen LogP contribution in [0.25, 0.3) is 0 Å². The lowest BCUT2D eigenvalue weighted by molar-refractivity contribution is -0.130. The summed E-state index contributed by atoms with van der Waals surface area (Å²) in [6, 6.07) is 14.1. The minimum absolute atomic E-state index is 0.00956. The largest absolute Gasteiger partial charge is 0.376 e. The fourth-order valence-electron chi connectivity index (χ4n) is 4.22. The highest BCUT2D eigenvalue weighted by atomic mass is 16.2. The van der Waals surface area contributed by atoms with Gasteiger partial charge in [-0.2, -0.15) is 0 Å². The predicted molar refractivity (Wildman–Crippen MR) is 115 cm³/mol. The van der Waals surface area contributed by atoms with Crippen LogP contribution in [0, 0.1) is 0 Å². The van der Waals surface area contributed by atoms with Gasteiger partial charge in [-0.05, 0) is 48.8 Å². The van der Waals surface area contributed by atoms with Crippen molar-refractivity contribution < 1.29 is 14.4 Å². The fourth-order valence-corrected chi connectivity index (χ4v) is 4.22. The zero-order valence-electron chi connectivity index (χ0n) is 17.3. The van der Waals surface area contributed by atoms with E-state index in [1.807, 2.05) is 12.1 Å². The Bertz CT molecular complexity index is 980. The minimum atomic E-state index is -0.463. The number of ketones is 1. The molecule has 1 saturated carbocycles. The van der Waals surface area contributed by atoms with Gasteiger partial charge in [0, 0.05) is 25.0 Å². The first-order chi connectivity index (χ1) is 15.1. The Morgan fingerprint density at radius 2 is 1.81 bits per heavy atom. The third kappa shape index (κ3) is 5.17. The summed E-state index contributed by atoms with van der Waals surface area (Å²) in [5, 5.41) is 8.62. The van der Waals surface area contributed by atoms with E-state index in [4.69, 9.17) is 0 Å². The smallest absolute Gasteiger partial charge is 0.270 e. The number of allylic oxidation sites excluding steroid dienone is 1. The van der Waals surface area contributed by atoms with E-state index in [2.05, 4.69) is 45.2 Å². The van der Waals surface area contributed by atoms with Crippen LogP contribution < -0.4 is 16.0 Å². The normalized spacial score (nSPS) is 21.4. The molecule has 0 radical (unpaired) electrons. The first-order valence-corrected chi connectivity index (χ1v) is 10.7. The van der Waals surface area contributed by atoms with Gasteiger partial charge in [0.15, 0.2) is 5.78 Å². The molecule has 160 valence electrons. The van der Waals surface area contributed by atoms with Gasteiger partial charge < -0.3 is 16.0 Å². The number of hydrogen-bond acceptors (Lipinski definition) is 5. The first kappa shape index (κ1) is 20.8. The van der Waals surface area contributed by atoms with Crippen molar-refractivity contribution in [3.63, 3.8) is 0 Å². The Morgan fingerprint density at radius 1 is 1.03 bits per heavy atom. The van der Waals surface area contributed by atoms with E-state index in [9.17, 15) is 14.4 Å². The van der Waals surface area contributed by atoms with Crippen LogP contribution in [0.2, 0.25) is 0 Å². The van der Waals surface area contributed by atoms with Crippen LogP contribution in [0.1, 0.15) is 49.1 Å². The molecule has 2 amide bonds. The Labute approximate surface area is 181 Å². The fraction of sp³-hybridized carbons (Fsp3) is 0.333. The number of Topliss-reactive ketones (excluding diaryl/α,β-unsaturated/α-hetero) is 1.